The van der Waals surface area contributed by atoms with E-state index in [1.54, 1.807) is 13.0 Å². The zero-order chi connectivity index (χ0) is 9.42. The van der Waals surface area contributed by atoms with Crippen LogP contribution in [0, 0.1) is 12.7 Å². The number of hydrogen-bond acceptors (Lipinski definition) is 2. The summed E-state index contributed by atoms with van der Waals surface area (Å²) in [6, 6.07) is 5.63. The first-order chi connectivity index (χ1) is 6.16. The zero-order valence-corrected chi connectivity index (χ0v) is 7.00. The van der Waals surface area contributed by atoms with Gasteiger partial charge in [-0.15, -0.1) is 0 Å². The quantitative estimate of drug-likeness (QED) is 0.619. The van der Waals surface area contributed by atoms with E-state index in [9.17, 15) is 9.18 Å². The van der Waals surface area contributed by atoms with E-state index >= 15 is 0 Å². The van der Waals surface area contributed by atoms with Gasteiger partial charge in [0.25, 0.3) is 0 Å². The maximum absolute atomic E-state index is 12.8. The van der Waals surface area contributed by atoms with Crippen molar-refractivity contribution in [2.24, 2.45) is 0 Å². The molecule has 3 heteroatoms. The Morgan fingerprint density at radius 3 is 2.85 bits per heavy atom. The van der Waals surface area contributed by atoms with Crippen LogP contribution in [0.3, 0.4) is 0 Å². The molecule has 0 fully saturated rings. The summed E-state index contributed by atoms with van der Waals surface area (Å²) < 4.78 is 17.6. The number of benzene rings is 1. The van der Waals surface area contributed by atoms with Crippen molar-refractivity contribution in [2.45, 2.75) is 6.92 Å². The second kappa shape index (κ2) is 2.69. The maximum Gasteiger partial charge on any atom is 0.343 e. The highest BCUT2D eigenvalue weighted by Gasteiger charge is 2.02. The lowest BCUT2D eigenvalue weighted by atomic mass is 10.2. The van der Waals surface area contributed by atoms with E-state index in [-0.39, 0.29) is 5.82 Å². The third-order valence-corrected chi connectivity index (χ3v) is 1.85. The van der Waals surface area contributed by atoms with Gasteiger partial charge in [0, 0.05) is 0 Å². The summed E-state index contributed by atoms with van der Waals surface area (Å²) >= 11 is 0. The molecule has 1 heterocycles. The molecular weight excluding hydrogens is 171 g/mol. The molecule has 0 bridgehead atoms. The Labute approximate surface area is 73.6 Å². The molecule has 0 amide bonds. The van der Waals surface area contributed by atoms with E-state index in [1.165, 1.54) is 18.2 Å². The minimum absolute atomic E-state index is 0.350. The molecule has 2 nitrogen and oxygen atoms in total. The van der Waals surface area contributed by atoms with Crippen molar-refractivity contribution in [3.8, 4) is 0 Å². The number of hydrogen-bond donors (Lipinski definition) is 0. The van der Waals surface area contributed by atoms with Gasteiger partial charge in [-0.05, 0) is 36.6 Å². The third-order valence-electron chi connectivity index (χ3n) is 1.85. The van der Waals surface area contributed by atoms with Crippen LogP contribution in [0.5, 0.6) is 0 Å². The van der Waals surface area contributed by atoms with Gasteiger partial charge in [-0.2, -0.15) is 0 Å². The van der Waals surface area contributed by atoms with Crippen LogP contribution in [0.25, 0.3) is 10.8 Å². The first kappa shape index (κ1) is 7.98. The van der Waals surface area contributed by atoms with Gasteiger partial charge in [-0.3, -0.25) is 0 Å². The van der Waals surface area contributed by atoms with Gasteiger partial charge in [0.1, 0.15) is 11.6 Å². The largest absolute Gasteiger partial charge is 0.428 e. The maximum atomic E-state index is 12.8. The molecule has 2 rings (SSSR count). The molecule has 0 unspecified atom stereocenters. The minimum Gasteiger partial charge on any atom is -0.428 e. The summed E-state index contributed by atoms with van der Waals surface area (Å²) in [6.07, 6.45) is 0. The fourth-order valence-corrected chi connectivity index (χ4v) is 1.29. The van der Waals surface area contributed by atoms with Crippen LogP contribution >= 0.6 is 0 Å². The van der Waals surface area contributed by atoms with E-state index in [1.807, 2.05) is 0 Å². The third kappa shape index (κ3) is 1.33. The molecule has 0 saturated carbocycles. The van der Waals surface area contributed by atoms with E-state index in [2.05, 4.69) is 0 Å². The van der Waals surface area contributed by atoms with Gasteiger partial charge >= 0.3 is 5.63 Å². The molecule has 0 radical (unpaired) electrons. The SMILES string of the molecule is Cc1cc2cc(F)ccc2c(=O)o1. The normalized spacial score (nSPS) is 10.6. The standard InChI is InChI=1S/C10H7FO2/c1-6-4-7-5-8(11)2-3-9(7)10(12)13-6/h2-5H,1H3. The van der Waals surface area contributed by atoms with Gasteiger partial charge < -0.3 is 4.42 Å². The Morgan fingerprint density at radius 2 is 2.08 bits per heavy atom. The molecule has 1 aromatic heterocycles. The van der Waals surface area contributed by atoms with Crippen molar-refractivity contribution in [3.63, 3.8) is 0 Å². The Hall–Kier alpha value is -1.64. The molecule has 0 aliphatic carbocycles. The smallest absolute Gasteiger partial charge is 0.343 e. The molecule has 0 atom stereocenters. The number of aryl methyl sites for hydroxylation is 1. The number of fused-ring (bicyclic) bond motifs is 1. The van der Waals surface area contributed by atoms with E-state index in [4.69, 9.17) is 4.42 Å². The van der Waals surface area contributed by atoms with Gasteiger partial charge in [0.2, 0.25) is 0 Å². The van der Waals surface area contributed by atoms with Gasteiger partial charge in [0.15, 0.2) is 0 Å². The van der Waals surface area contributed by atoms with Crippen LogP contribution in [0.4, 0.5) is 4.39 Å². The molecule has 0 aliphatic rings. The summed E-state index contributed by atoms with van der Waals surface area (Å²) in [5.41, 5.74) is -0.421. The van der Waals surface area contributed by atoms with Gasteiger partial charge in [0.05, 0.1) is 5.39 Å². The van der Waals surface area contributed by atoms with Crippen molar-refractivity contribution in [1.29, 1.82) is 0 Å². The topological polar surface area (TPSA) is 30.2 Å². The van der Waals surface area contributed by atoms with Crippen molar-refractivity contribution >= 4 is 10.8 Å². The monoisotopic (exact) mass is 178 g/mol. The van der Waals surface area contributed by atoms with E-state index in [0.717, 1.165) is 0 Å². The lowest BCUT2D eigenvalue weighted by Crippen LogP contribution is -2.00. The Kier molecular flexibility index (Phi) is 1.65. The van der Waals surface area contributed by atoms with Crippen LogP contribution in [-0.4, -0.2) is 0 Å². The minimum atomic E-state index is -0.421. The average Bonchev–Trinajstić information content (AvgIpc) is 2.02. The summed E-state index contributed by atoms with van der Waals surface area (Å²) in [4.78, 5) is 11.2. The predicted molar refractivity (Wildman–Crippen MR) is 47.2 cm³/mol. The molecule has 0 aliphatic heterocycles. The van der Waals surface area contributed by atoms with Crippen molar-refractivity contribution in [3.05, 3.63) is 46.3 Å². The van der Waals surface area contributed by atoms with Crippen LogP contribution in [-0.2, 0) is 0 Å². The number of rotatable bonds is 0. The average molecular weight is 178 g/mol. The Morgan fingerprint density at radius 1 is 1.31 bits per heavy atom. The van der Waals surface area contributed by atoms with E-state index < -0.39 is 5.63 Å². The fourth-order valence-electron chi connectivity index (χ4n) is 1.29. The molecule has 0 N–H and O–H groups in total. The molecule has 13 heavy (non-hydrogen) atoms. The summed E-state index contributed by atoms with van der Waals surface area (Å²) in [5, 5.41) is 0.987. The number of halogens is 1. The molecule has 66 valence electrons. The summed E-state index contributed by atoms with van der Waals surface area (Å²) in [6.45, 7) is 1.66. The second-order valence-electron chi connectivity index (χ2n) is 2.88. The van der Waals surface area contributed by atoms with Gasteiger partial charge in [-0.1, -0.05) is 0 Å². The first-order valence-electron chi connectivity index (χ1n) is 3.87. The van der Waals surface area contributed by atoms with Crippen molar-refractivity contribution in [2.75, 3.05) is 0 Å². The molecule has 1 aromatic carbocycles. The highest BCUT2D eigenvalue weighted by molar-refractivity contribution is 5.81. The van der Waals surface area contributed by atoms with Crippen molar-refractivity contribution in [1.82, 2.24) is 0 Å². The fraction of sp³-hybridized carbons (Fsp3) is 0.100. The van der Waals surface area contributed by atoms with Crippen LogP contribution < -0.4 is 5.63 Å². The highest BCUT2D eigenvalue weighted by Crippen LogP contribution is 2.12. The Balaban J connectivity index is 2.95. The van der Waals surface area contributed by atoms with Crippen molar-refractivity contribution < 1.29 is 8.81 Å². The lowest BCUT2D eigenvalue weighted by Gasteiger charge is -1.96. The second-order valence-corrected chi connectivity index (χ2v) is 2.88. The zero-order valence-electron chi connectivity index (χ0n) is 7.00. The first-order valence-corrected chi connectivity index (χ1v) is 3.87. The van der Waals surface area contributed by atoms with E-state index in [0.29, 0.717) is 16.5 Å². The van der Waals surface area contributed by atoms with Gasteiger partial charge in [-0.25, -0.2) is 9.18 Å². The van der Waals surface area contributed by atoms with Crippen LogP contribution in [0.2, 0.25) is 0 Å². The summed E-state index contributed by atoms with van der Waals surface area (Å²) in [5.74, 6) is 0.139. The highest BCUT2D eigenvalue weighted by atomic mass is 19.1. The predicted octanol–water partition coefficient (Wildman–Crippen LogP) is 2.24. The molecular formula is C10H7FO2. The molecule has 0 spiro atoms. The summed E-state index contributed by atoms with van der Waals surface area (Å²) in [7, 11) is 0. The van der Waals surface area contributed by atoms with Crippen LogP contribution in [0.15, 0.2) is 33.5 Å². The Bertz CT molecular complexity index is 509. The lowest BCUT2D eigenvalue weighted by molar-refractivity contribution is 0.488. The molecule has 0 saturated heterocycles. The van der Waals surface area contributed by atoms with Crippen LogP contribution in [0.1, 0.15) is 5.76 Å². The molecule has 2 aromatic rings.